The molecule has 2 heterocycles. The fourth-order valence-electron chi connectivity index (χ4n) is 4.09. The molecule has 1 amide bonds. The molecule has 1 aromatic carbocycles. The van der Waals surface area contributed by atoms with Gasteiger partial charge < -0.3 is 14.7 Å². The van der Waals surface area contributed by atoms with Crippen LogP contribution in [0, 0.1) is 0 Å². The molecule has 0 bridgehead atoms. The van der Waals surface area contributed by atoms with E-state index in [1.807, 2.05) is 30.3 Å². The van der Waals surface area contributed by atoms with E-state index in [2.05, 4.69) is 16.8 Å². The number of aryl methyl sites for hydroxylation is 1. The summed E-state index contributed by atoms with van der Waals surface area (Å²) in [6, 6.07) is 9.61. The van der Waals surface area contributed by atoms with E-state index in [9.17, 15) is 14.7 Å². The Morgan fingerprint density at radius 3 is 2.50 bits per heavy atom. The first-order valence-corrected chi connectivity index (χ1v) is 10.2. The van der Waals surface area contributed by atoms with Gasteiger partial charge in [-0.2, -0.15) is 0 Å². The Bertz CT molecular complexity index is 646. The molecule has 2 aliphatic rings. The third-order valence-corrected chi connectivity index (χ3v) is 5.81. The Balaban J connectivity index is 1.47. The number of likely N-dealkylation sites (tertiary alicyclic amines) is 1. The molecule has 3 rings (SSSR count). The molecule has 2 fully saturated rings. The second-order valence-corrected chi connectivity index (χ2v) is 7.78. The Kier molecular flexibility index (Phi) is 7.28. The Labute approximate surface area is 166 Å². The number of hydrogen-bond donors (Lipinski definition) is 1. The molecule has 0 radical (unpaired) electrons. The molecular weight excluding hydrogens is 358 g/mol. The molecule has 1 N–H and O–H groups in total. The third-order valence-electron chi connectivity index (χ3n) is 5.81. The highest BCUT2D eigenvalue weighted by Gasteiger charge is 2.38. The number of carboxylic acids is 1. The summed E-state index contributed by atoms with van der Waals surface area (Å²) in [7, 11) is 2.11. The minimum atomic E-state index is -0.959. The highest BCUT2D eigenvalue weighted by atomic mass is 16.6. The molecule has 0 saturated carbocycles. The van der Waals surface area contributed by atoms with Crippen LogP contribution in [-0.2, 0) is 16.0 Å². The SMILES string of the molecule is CN1CCC(N2CCN(C(=O)OCCCc3ccccc3)[C@H](C(=O)O)C2)CC1. The van der Waals surface area contributed by atoms with E-state index < -0.39 is 18.1 Å². The number of nitrogens with zero attached hydrogens (tertiary/aromatic N) is 3. The van der Waals surface area contributed by atoms with Crippen LogP contribution in [-0.4, -0.2) is 90.3 Å². The maximum atomic E-state index is 12.5. The number of benzene rings is 1. The lowest BCUT2D eigenvalue weighted by Gasteiger charge is -2.44. The lowest BCUT2D eigenvalue weighted by molar-refractivity contribution is -0.145. The minimum Gasteiger partial charge on any atom is -0.480 e. The van der Waals surface area contributed by atoms with Gasteiger partial charge in [0.15, 0.2) is 0 Å². The summed E-state index contributed by atoms with van der Waals surface area (Å²) < 4.78 is 5.38. The molecule has 0 unspecified atom stereocenters. The summed E-state index contributed by atoms with van der Waals surface area (Å²) in [5.41, 5.74) is 1.20. The van der Waals surface area contributed by atoms with E-state index in [0.29, 0.717) is 32.3 Å². The second kappa shape index (κ2) is 9.89. The summed E-state index contributed by atoms with van der Waals surface area (Å²) >= 11 is 0. The average molecular weight is 389 g/mol. The summed E-state index contributed by atoms with van der Waals surface area (Å²) in [5.74, 6) is -0.959. The molecule has 2 aliphatic heterocycles. The van der Waals surface area contributed by atoms with Crippen LogP contribution in [0.4, 0.5) is 4.79 Å². The average Bonchev–Trinajstić information content (AvgIpc) is 2.72. The number of ether oxygens (including phenoxy) is 1. The van der Waals surface area contributed by atoms with E-state index >= 15 is 0 Å². The van der Waals surface area contributed by atoms with Crippen LogP contribution in [0.1, 0.15) is 24.8 Å². The van der Waals surface area contributed by atoms with Crippen molar-refractivity contribution < 1.29 is 19.4 Å². The van der Waals surface area contributed by atoms with Gasteiger partial charge in [-0.1, -0.05) is 30.3 Å². The molecule has 28 heavy (non-hydrogen) atoms. The van der Waals surface area contributed by atoms with E-state index in [-0.39, 0.29) is 0 Å². The van der Waals surface area contributed by atoms with Gasteiger partial charge in [-0.05, 0) is 51.4 Å². The summed E-state index contributed by atoms with van der Waals surface area (Å²) in [6.07, 6.45) is 3.15. The first-order valence-electron chi connectivity index (χ1n) is 10.2. The van der Waals surface area contributed by atoms with Crippen molar-refractivity contribution >= 4 is 12.1 Å². The molecular formula is C21H31N3O4. The van der Waals surface area contributed by atoms with Gasteiger partial charge in [-0.3, -0.25) is 9.80 Å². The monoisotopic (exact) mass is 389 g/mol. The zero-order valence-corrected chi connectivity index (χ0v) is 16.6. The quantitative estimate of drug-likeness (QED) is 0.750. The number of amides is 1. The zero-order valence-electron chi connectivity index (χ0n) is 16.6. The van der Waals surface area contributed by atoms with Crippen LogP contribution in [0.25, 0.3) is 0 Å². The van der Waals surface area contributed by atoms with Crippen molar-refractivity contribution in [2.45, 2.75) is 37.8 Å². The number of rotatable bonds is 6. The van der Waals surface area contributed by atoms with Crippen LogP contribution in [0.5, 0.6) is 0 Å². The van der Waals surface area contributed by atoms with E-state index in [0.717, 1.165) is 38.8 Å². The summed E-state index contributed by atoms with van der Waals surface area (Å²) in [4.78, 5) is 30.2. The van der Waals surface area contributed by atoms with Gasteiger partial charge in [0.05, 0.1) is 6.61 Å². The van der Waals surface area contributed by atoms with Crippen molar-refractivity contribution in [3.63, 3.8) is 0 Å². The number of piperazine rings is 1. The molecule has 1 aromatic rings. The molecule has 0 aliphatic carbocycles. The van der Waals surface area contributed by atoms with Gasteiger partial charge in [-0.15, -0.1) is 0 Å². The van der Waals surface area contributed by atoms with Crippen LogP contribution in [0.2, 0.25) is 0 Å². The summed E-state index contributed by atoms with van der Waals surface area (Å²) in [5, 5.41) is 9.65. The van der Waals surface area contributed by atoms with Crippen molar-refractivity contribution in [3.8, 4) is 0 Å². The molecule has 7 nitrogen and oxygen atoms in total. The van der Waals surface area contributed by atoms with Crippen molar-refractivity contribution in [1.82, 2.24) is 14.7 Å². The Morgan fingerprint density at radius 1 is 1.11 bits per heavy atom. The number of aliphatic carboxylic acids is 1. The van der Waals surface area contributed by atoms with Gasteiger partial charge in [-0.25, -0.2) is 9.59 Å². The second-order valence-electron chi connectivity index (χ2n) is 7.78. The van der Waals surface area contributed by atoms with E-state index in [4.69, 9.17) is 4.74 Å². The van der Waals surface area contributed by atoms with Crippen molar-refractivity contribution in [2.75, 3.05) is 46.4 Å². The number of hydrogen-bond acceptors (Lipinski definition) is 5. The van der Waals surface area contributed by atoms with E-state index in [1.54, 1.807) is 0 Å². The molecule has 0 aromatic heterocycles. The van der Waals surface area contributed by atoms with Gasteiger partial charge >= 0.3 is 12.1 Å². The van der Waals surface area contributed by atoms with Crippen LogP contribution in [0.15, 0.2) is 30.3 Å². The molecule has 0 spiro atoms. The molecule has 7 heteroatoms. The molecule has 2 saturated heterocycles. The Morgan fingerprint density at radius 2 is 1.82 bits per heavy atom. The van der Waals surface area contributed by atoms with Crippen LogP contribution < -0.4 is 0 Å². The molecule has 1 atom stereocenters. The standard InChI is InChI=1S/C21H31N3O4/c1-22-11-9-18(10-12-22)23-13-14-24(19(16-23)20(25)26)21(27)28-15-5-8-17-6-3-2-4-7-17/h2-4,6-7,18-19H,5,8-16H2,1H3,(H,25,26)/t19-/m0/s1. The maximum Gasteiger partial charge on any atom is 0.410 e. The van der Waals surface area contributed by atoms with E-state index in [1.165, 1.54) is 10.5 Å². The fourth-order valence-corrected chi connectivity index (χ4v) is 4.09. The summed E-state index contributed by atoms with van der Waals surface area (Å²) in [6.45, 7) is 3.86. The number of carboxylic acid groups (broad SMARTS) is 1. The number of carbonyl (C=O) groups excluding carboxylic acids is 1. The number of piperidine rings is 1. The topological polar surface area (TPSA) is 73.3 Å². The predicted octanol–water partition coefficient (Wildman–Crippen LogP) is 1.92. The largest absolute Gasteiger partial charge is 0.480 e. The van der Waals surface area contributed by atoms with Crippen molar-refractivity contribution in [1.29, 1.82) is 0 Å². The lowest BCUT2D eigenvalue weighted by Crippen LogP contribution is -2.61. The Hall–Kier alpha value is -2.12. The van der Waals surface area contributed by atoms with Crippen LogP contribution >= 0.6 is 0 Å². The minimum absolute atomic E-state index is 0.301. The van der Waals surface area contributed by atoms with Gasteiger partial charge in [0.25, 0.3) is 0 Å². The number of carbonyl (C=O) groups is 2. The van der Waals surface area contributed by atoms with Gasteiger partial charge in [0.2, 0.25) is 0 Å². The maximum absolute atomic E-state index is 12.5. The lowest BCUT2D eigenvalue weighted by atomic mass is 10.0. The van der Waals surface area contributed by atoms with Gasteiger partial charge in [0.1, 0.15) is 6.04 Å². The normalized spacial score (nSPS) is 22.2. The zero-order chi connectivity index (χ0) is 19.9. The molecule has 154 valence electrons. The predicted molar refractivity (Wildman–Crippen MR) is 106 cm³/mol. The third kappa shape index (κ3) is 5.45. The fraction of sp³-hybridized carbons (Fsp3) is 0.619. The van der Waals surface area contributed by atoms with Crippen LogP contribution in [0.3, 0.4) is 0 Å². The smallest absolute Gasteiger partial charge is 0.410 e. The highest BCUT2D eigenvalue weighted by molar-refractivity contribution is 5.80. The van der Waals surface area contributed by atoms with Crippen molar-refractivity contribution in [3.05, 3.63) is 35.9 Å². The van der Waals surface area contributed by atoms with Gasteiger partial charge in [0, 0.05) is 25.7 Å². The first kappa shape index (κ1) is 20.6. The van der Waals surface area contributed by atoms with Crippen molar-refractivity contribution in [2.24, 2.45) is 0 Å². The highest BCUT2D eigenvalue weighted by Crippen LogP contribution is 2.21. The first-order chi connectivity index (χ1) is 13.5.